The van der Waals surface area contributed by atoms with Gasteiger partial charge >= 0.3 is 0 Å². The number of amides is 2. The molecule has 0 radical (unpaired) electrons. The molecule has 0 spiro atoms. The molecule has 4 N–H and O–H groups in total. The van der Waals surface area contributed by atoms with Crippen LogP contribution in [0, 0.1) is 5.92 Å². The molecule has 5 nitrogen and oxygen atoms in total. The Labute approximate surface area is 142 Å². The molecule has 1 aliphatic rings. The van der Waals surface area contributed by atoms with Crippen LogP contribution in [0.3, 0.4) is 0 Å². The van der Waals surface area contributed by atoms with E-state index >= 15 is 0 Å². The Morgan fingerprint density at radius 1 is 1.26 bits per heavy atom. The maximum Gasteiger partial charge on any atom is 0.240 e. The van der Waals surface area contributed by atoms with Crippen LogP contribution in [0.1, 0.15) is 31.2 Å². The lowest BCUT2D eigenvalue weighted by atomic mass is 9.88. The summed E-state index contributed by atoms with van der Waals surface area (Å²) in [6.45, 7) is 0.579. The summed E-state index contributed by atoms with van der Waals surface area (Å²) in [5, 5.41) is 0. The van der Waals surface area contributed by atoms with Gasteiger partial charge in [0.25, 0.3) is 0 Å². The molecular weight excluding hydrogens is 314 g/mol. The third-order valence-electron chi connectivity index (χ3n) is 4.48. The molecule has 0 aromatic heterocycles. The second-order valence-electron chi connectivity index (χ2n) is 6.11. The van der Waals surface area contributed by atoms with Crippen LogP contribution in [0.2, 0.25) is 0 Å². The normalized spacial score (nSPS) is 21.2. The summed E-state index contributed by atoms with van der Waals surface area (Å²) in [5.41, 5.74) is 12.9. The number of rotatable bonds is 6. The van der Waals surface area contributed by atoms with Crippen molar-refractivity contribution in [1.29, 1.82) is 0 Å². The van der Waals surface area contributed by atoms with Crippen molar-refractivity contribution < 1.29 is 9.59 Å². The third kappa shape index (κ3) is 4.86. The Balaban J connectivity index is 1.94. The number of piperidine rings is 1. The smallest absolute Gasteiger partial charge is 0.240 e. The largest absolute Gasteiger partial charge is 0.399 e. The van der Waals surface area contributed by atoms with E-state index in [0.29, 0.717) is 43.3 Å². The fourth-order valence-electron chi connectivity index (χ4n) is 3.10. The summed E-state index contributed by atoms with van der Waals surface area (Å²) in [7, 11) is 0. The van der Waals surface area contributed by atoms with Gasteiger partial charge in [0.05, 0.1) is 0 Å². The Kier molecular flexibility index (Phi) is 6.28. The van der Waals surface area contributed by atoms with Gasteiger partial charge in [-0.05, 0) is 49.3 Å². The average Bonchev–Trinajstić information content (AvgIpc) is 2.54. The highest BCUT2D eigenvalue weighted by molar-refractivity contribution is 6.17. The number of hydrogen-bond donors (Lipinski definition) is 2. The Hall–Kier alpha value is -1.75. The minimum absolute atomic E-state index is 0.0186. The molecule has 23 heavy (non-hydrogen) atoms. The topological polar surface area (TPSA) is 89.4 Å². The van der Waals surface area contributed by atoms with Gasteiger partial charge in [-0.1, -0.05) is 12.1 Å². The highest BCUT2D eigenvalue weighted by Crippen LogP contribution is 2.26. The number of anilines is 1. The summed E-state index contributed by atoms with van der Waals surface area (Å²) in [5.74, 6) is 0.493. The van der Waals surface area contributed by atoms with Crippen LogP contribution in [-0.4, -0.2) is 35.2 Å². The van der Waals surface area contributed by atoms with Crippen LogP contribution in [0.15, 0.2) is 24.3 Å². The minimum atomic E-state index is -0.504. The van der Waals surface area contributed by atoms with Gasteiger partial charge in [-0.15, -0.1) is 11.6 Å². The lowest BCUT2D eigenvalue weighted by molar-refractivity contribution is -0.142. The molecule has 1 aromatic rings. The molecule has 6 heteroatoms. The number of primary amides is 1. The van der Waals surface area contributed by atoms with Crippen molar-refractivity contribution in [2.24, 2.45) is 11.7 Å². The maximum absolute atomic E-state index is 12.5. The summed E-state index contributed by atoms with van der Waals surface area (Å²) >= 11 is 5.78. The quantitative estimate of drug-likeness (QED) is 0.614. The van der Waals surface area contributed by atoms with Crippen molar-refractivity contribution in [2.75, 3.05) is 18.2 Å². The molecular formula is C17H24ClN3O2. The first-order valence-corrected chi connectivity index (χ1v) is 8.54. The Morgan fingerprint density at radius 3 is 2.57 bits per heavy atom. The van der Waals surface area contributed by atoms with Gasteiger partial charge in [0.15, 0.2) is 0 Å². The highest BCUT2D eigenvalue weighted by atomic mass is 35.5. The number of carbonyl (C=O) groups excluding carboxylic acids is 2. The molecule has 1 fully saturated rings. The van der Waals surface area contributed by atoms with E-state index in [2.05, 4.69) is 0 Å². The monoisotopic (exact) mass is 337 g/mol. The number of likely N-dealkylation sites (tertiary alicyclic amines) is 1. The molecule has 0 aliphatic carbocycles. The number of alkyl halides is 1. The molecule has 0 saturated carbocycles. The standard InChI is InChI=1S/C17H24ClN3O2/c18-9-7-13-8-10-21(15(11-13)17(20)23)16(22)6-3-12-1-4-14(19)5-2-12/h1-2,4-5,13,15H,3,6-11,19H2,(H2,20,23). The second-order valence-corrected chi connectivity index (χ2v) is 6.49. The summed E-state index contributed by atoms with van der Waals surface area (Å²) in [6.07, 6.45) is 3.36. The first-order valence-electron chi connectivity index (χ1n) is 8.00. The highest BCUT2D eigenvalue weighted by Gasteiger charge is 2.34. The van der Waals surface area contributed by atoms with Crippen molar-refractivity contribution in [2.45, 2.75) is 38.1 Å². The van der Waals surface area contributed by atoms with E-state index in [1.807, 2.05) is 24.3 Å². The van der Waals surface area contributed by atoms with Gasteiger partial charge in [-0.3, -0.25) is 9.59 Å². The van der Waals surface area contributed by atoms with E-state index in [0.717, 1.165) is 18.4 Å². The van der Waals surface area contributed by atoms with Crippen LogP contribution in [-0.2, 0) is 16.0 Å². The lowest BCUT2D eigenvalue weighted by Crippen LogP contribution is -2.52. The van der Waals surface area contributed by atoms with E-state index in [1.165, 1.54) is 0 Å². The number of aryl methyl sites for hydroxylation is 1. The van der Waals surface area contributed by atoms with Crippen molar-refractivity contribution in [1.82, 2.24) is 4.90 Å². The van der Waals surface area contributed by atoms with E-state index in [-0.39, 0.29) is 5.91 Å². The second kappa shape index (κ2) is 8.20. The van der Waals surface area contributed by atoms with E-state index in [4.69, 9.17) is 23.1 Å². The zero-order chi connectivity index (χ0) is 16.8. The average molecular weight is 338 g/mol. The lowest BCUT2D eigenvalue weighted by Gasteiger charge is -2.37. The molecule has 2 atom stereocenters. The van der Waals surface area contributed by atoms with Crippen molar-refractivity contribution in [3.8, 4) is 0 Å². The van der Waals surface area contributed by atoms with Gasteiger partial charge in [-0.25, -0.2) is 0 Å². The predicted octanol–water partition coefficient (Wildman–Crippen LogP) is 1.92. The van der Waals surface area contributed by atoms with E-state index < -0.39 is 11.9 Å². The summed E-state index contributed by atoms with van der Waals surface area (Å²) in [6, 6.07) is 6.98. The molecule has 126 valence electrons. The first kappa shape index (κ1) is 17.6. The molecule has 2 unspecified atom stereocenters. The number of hydrogen-bond acceptors (Lipinski definition) is 3. The van der Waals surface area contributed by atoms with Crippen molar-refractivity contribution in [3.63, 3.8) is 0 Å². The van der Waals surface area contributed by atoms with Crippen LogP contribution >= 0.6 is 11.6 Å². The molecule has 2 rings (SSSR count). The van der Waals surface area contributed by atoms with Crippen LogP contribution in [0.25, 0.3) is 0 Å². The van der Waals surface area contributed by atoms with Crippen LogP contribution < -0.4 is 11.5 Å². The van der Waals surface area contributed by atoms with Crippen molar-refractivity contribution >= 4 is 29.1 Å². The predicted molar refractivity (Wildman–Crippen MR) is 91.9 cm³/mol. The Bertz CT molecular complexity index is 547. The van der Waals surface area contributed by atoms with Gasteiger partial charge in [0.2, 0.25) is 11.8 Å². The number of nitrogen functional groups attached to an aromatic ring is 1. The maximum atomic E-state index is 12.5. The zero-order valence-corrected chi connectivity index (χ0v) is 14.0. The number of nitrogens with zero attached hydrogens (tertiary/aromatic N) is 1. The SMILES string of the molecule is NC(=O)C1CC(CCCl)CCN1C(=O)CCc1ccc(N)cc1. The van der Waals surface area contributed by atoms with E-state index in [1.54, 1.807) is 4.90 Å². The number of carbonyl (C=O) groups is 2. The minimum Gasteiger partial charge on any atom is -0.399 e. The van der Waals surface area contributed by atoms with E-state index in [9.17, 15) is 9.59 Å². The zero-order valence-electron chi connectivity index (χ0n) is 13.2. The molecule has 1 saturated heterocycles. The third-order valence-corrected chi connectivity index (χ3v) is 4.70. The molecule has 1 aromatic carbocycles. The van der Waals surface area contributed by atoms with Gasteiger partial charge < -0.3 is 16.4 Å². The first-order chi connectivity index (χ1) is 11.0. The Morgan fingerprint density at radius 2 is 1.96 bits per heavy atom. The number of benzene rings is 1. The van der Waals surface area contributed by atoms with Crippen molar-refractivity contribution in [3.05, 3.63) is 29.8 Å². The summed E-state index contributed by atoms with van der Waals surface area (Å²) in [4.78, 5) is 25.8. The molecule has 1 heterocycles. The molecule has 1 aliphatic heterocycles. The molecule has 0 bridgehead atoms. The fraction of sp³-hybridized carbons (Fsp3) is 0.529. The van der Waals surface area contributed by atoms with Gasteiger partial charge in [0.1, 0.15) is 6.04 Å². The number of halogens is 1. The number of nitrogens with two attached hydrogens (primary N) is 2. The summed E-state index contributed by atoms with van der Waals surface area (Å²) < 4.78 is 0. The van der Waals surface area contributed by atoms with Crippen LogP contribution in [0.5, 0.6) is 0 Å². The molecule has 2 amide bonds. The van der Waals surface area contributed by atoms with Crippen LogP contribution in [0.4, 0.5) is 5.69 Å². The van der Waals surface area contributed by atoms with Gasteiger partial charge in [-0.2, -0.15) is 0 Å². The fourth-order valence-corrected chi connectivity index (χ4v) is 3.41. The van der Waals surface area contributed by atoms with Gasteiger partial charge in [0, 0.05) is 24.5 Å².